The van der Waals surface area contributed by atoms with Crippen molar-refractivity contribution in [2.75, 3.05) is 47.7 Å². The minimum atomic E-state index is -3.85. The number of likely N-dealkylation sites (tertiary alicyclic amines) is 1. The van der Waals surface area contributed by atoms with Gasteiger partial charge in [-0.2, -0.15) is 0 Å². The number of nitrogens with zero attached hydrogens (tertiary/aromatic N) is 5. The van der Waals surface area contributed by atoms with Crippen molar-refractivity contribution in [3.8, 4) is 11.1 Å². The number of sulfonamides is 1. The van der Waals surface area contributed by atoms with Crippen LogP contribution in [0.2, 0.25) is 0 Å². The van der Waals surface area contributed by atoms with E-state index >= 15 is 0 Å². The number of likely N-dealkylation sites (N-methyl/N-ethyl adjacent to an activating group) is 1. The first-order chi connectivity index (χ1) is 22.3. The van der Waals surface area contributed by atoms with Gasteiger partial charge < -0.3 is 14.7 Å². The van der Waals surface area contributed by atoms with Crippen LogP contribution in [-0.2, 0) is 20.2 Å². The van der Waals surface area contributed by atoms with Crippen LogP contribution in [0.4, 0.5) is 17.2 Å². The second-order valence-electron chi connectivity index (χ2n) is 13.4. The first-order valence-corrected chi connectivity index (χ1v) is 18.1. The summed E-state index contributed by atoms with van der Waals surface area (Å²) in [5.41, 5.74) is 4.52. The molecule has 0 unspecified atom stereocenters. The molecule has 4 aliphatic rings. The highest BCUT2D eigenvalue weighted by Crippen LogP contribution is 2.55. The number of hydrogen-bond acceptors (Lipinski definition) is 7. The van der Waals surface area contributed by atoms with Gasteiger partial charge in [0.15, 0.2) is 5.82 Å². The molecule has 0 radical (unpaired) electrons. The highest BCUT2D eigenvalue weighted by Gasteiger charge is 2.54. The van der Waals surface area contributed by atoms with E-state index in [1.165, 1.54) is 32.4 Å². The molecule has 0 bridgehead atoms. The van der Waals surface area contributed by atoms with Crippen LogP contribution in [0.15, 0.2) is 71.9 Å². The number of rotatable bonds is 6. The number of benzene rings is 2. The molecule has 3 aliphatic heterocycles. The quantitative estimate of drug-likeness (QED) is 0.279. The van der Waals surface area contributed by atoms with Crippen LogP contribution in [0, 0.1) is 0 Å². The van der Waals surface area contributed by atoms with Gasteiger partial charge in [0.2, 0.25) is 5.91 Å². The second kappa shape index (κ2) is 11.3. The zero-order chi connectivity index (χ0) is 31.5. The van der Waals surface area contributed by atoms with Gasteiger partial charge in [0.05, 0.1) is 33.4 Å². The lowest BCUT2D eigenvalue weighted by Gasteiger charge is -2.41. The highest BCUT2D eigenvalue weighted by atomic mass is 32.2. The molecule has 4 aromatic rings. The molecule has 10 heteroatoms. The Morgan fingerprint density at radius 1 is 0.848 bits per heavy atom. The molecule has 1 saturated carbocycles. The Morgan fingerprint density at radius 3 is 2.33 bits per heavy atom. The van der Waals surface area contributed by atoms with Gasteiger partial charge in [0, 0.05) is 48.9 Å². The van der Waals surface area contributed by atoms with E-state index in [-0.39, 0.29) is 10.8 Å². The molecule has 1 aliphatic carbocycles. The van der Waals surface area contributed by atoms with E-state index in [2.05, 4.69) is 20.6 Å². The Bertz CT molecular complexity index is 1910. The van der Waals surface area contributed by atoms with E-state index in [0.29, 0.717) is 17.5 Å². The summed E-state index contributed by atoms with van der Waals surface area (Å²) in [5, 5.41) is 0.975. The summed E-state index contributed by atoms with van der Waals surface area (Å²) < 4.78 is 30.1. The van der Waals surface area contributed by atoms with Crippen molar-refractivity contribution in [2.45, 2.75) is 67.7 Å². The van der Waals surface area contributed by atoms with E-state index in [0.717, 1.165) is 78.5 Å². The Hall–Kier alpha value is -4.02. The number of pyridine rings is 2. The van der Waals surface area contributed by atoms with Crippen molar-refractivity contribution in [3.63, 3.8) is 0 Å². The van der Waals surface area contributed by atoms with Crippen molar-refractivity contribution in [1.82, 2.24) is 14.9 Å². The molecule has 1 N–H and O–H groups in total. The molecule has 5 heterocycles. The summed E-state index contributed by atoms with van der Waals surface area (Å²) in [6, 6.07) is 17.1. The number of hydrogen-bond donors (Lipinski definition) is 1. The minimum absolute atomic E-state index is 0.154. The Balaban J connectivity index is 1.17. The van der Waals surface area contributed by atoms with E-state index in [4.69, 9.17) is 9.97 Å². The third-order valence-electron chi connectivity index (χ3n) is 10.8. The Labute approximate surface area is 270 Å². The van der Waals surface area contributed by atoms with Crippen molar-refractivity contribution < 1.29 is 13.2 Å². The average molecular weight is 637 g/mol. The number of piperidine rings is 2. The molecule has 0 atom stereocenters. The van der Waals surface area contributed by atoms with Gasteiger partial charge in [-0.3, -0.25) is 14.5 Å². The van der Waals surface area contributed by atoms with Gasteiger partial charge in [-0.15, -0.1) is 0 Å². The van der Waals surface area contributed by atoms with Crippen molar-refractivity contribution >= 4 is 44.0 Å². The largest absolute Gasteiger partial charge is 0.355 e. The maximum absolute atomic E-state index is 13.6. The lowest BCUT2D eigenvalue weighted by atomic mass is 9.64. The van der Waals surface area contributed by atoms with Gasteiger partial charge >= 0.3 is 0 Å². The summed E-state index contributed by atoms with van der Waals surface area (Å²) >= 11 is 0. The van der Waals surface area contributed by atoms with Gasteiger partial charge in [-0.05, 0) is 87.5 Å². The number of amides is 1. The summed E-state index contributed by atoms with van der Waals surface area (Å²) in [6.45, 7) is 4.00. The van der Waals surface area contributed by atoms with E-state index < -0.39 is 15.4 Å². The van der Waals surface area contributed by atoms with E-state index in [9.17, 15) is 13.2 Å². The Morgan fingerprint density at radius 2 is 1.61 bits per heavy atom. The molecule has 1 spiro atoms. The van der Waals surface area contributed by atoms with E-state index in [1.807, 2.05) is 43.7 Å². The molecule has 238 valence electrons. The standard InChI is InChI=1S/C36H40N6O3S/c1-40-32-24-37-30-12-11-25(21-29(30)33(32)36(35(40)43)15-8-16-36)26-22-31(39-46(44,45)28-9-4-2-5-10-28)34(38-23-26)42-19-13-27(14-20-42)41-17-6-3-7-18-41/h2,4-5,9-12,21-24,27,39H,3,6-8,13-20H2,1H3. The SMILES string of the molecule is CN1C(=O)C2(CCC2)c2c1cnc1ccc(-c3cnc(N4CCC(N5CCCCC5)CC4)c(NS(=O)(=O)c4ccccc4)c3)cc21. The number of anilines is 3. The molecule has 8 rings (SSSR count). The van der Waals surface area contributed by atoms with Crippen molar-refractivity contribution in [1.29, 1.82) is 0 Å². The summed E-state index contributed by atoms with van der Waals surface area (Å²) in [4.78, 5) is 29.8. The van der Waals surface area contributed by atoms with Gasteiger partial charge in [0.25, 0.3) is 10.0 Å². The van der Waals surface area contributed by atoms with E-state index in [1.54, 1.807) is 29.2 Å². The maximum Gasteiger partial charge on any atom is 0.262 e. The fourth-order valence-corrected chi connectivity index (χ4v) is 9.20. The number of fused-ring (bicyclic) bond motifs is 4. The van der Waals surface area contributed by atoms with Crippen molar-refractivity contribution in [3.05, 3.63) is 72.6 Å². The first kappa shape index (κ1) is 29.4. The molecule has 1 amide bonds. The topological polar surface area (TPSA) is 98.7 Å². The monoisotopic (exact) mass is 636 g/mol. The fraction of sp³-hybridized carbons (Fsp3) is 0.417. The summed E-state index contributed by atoms with van der Waals surface area (Å²) in [7, 11) is -2.00. The predicted molar refractivity (Wildman–Crippen MR) is 182 cm³/mol. The van der Waals surface area contributed by atoms with Crippen LogP contribution in [0.5, 0.6) is 0 Å². The van der Waals surface area contributed by atoms with Crippen LogP contribution in [0.1, 0.15) is 56.9 Å². The molecule has 2 aromatic carbocycles. The smallest absolute Gasteiger partial charge is 0.262 e. The number of carbonyl (C=O) groups excluding carboxylic acids is 1. The van der Waals surface area contributed by atoms with Crippen molar-refractivity contribution in [2.24, 2.45) is 0 Å². The number of nitrogens with one attached hydrogen (secondary N) is 1. The minimum Gasteiger partial charge on any atom is -0.355 e. The molecule has 2 aromatic heterocycles. The Kier molecular flexibility index (Phi) is 7.25. The lowest BCUT2D eigenvalue weighted by Crippen LogP contribution is -2.47. The molecule has 3 fully saturated rings. The third kappa shape index (κ3) is 4.84. The number of aromatic nitrogens is 2. The van der Waals surface area contributed by atoms with Gasteiger partial charge in [-0.25, -0.2) is 13.4 Å². The normalized spacial score (nSPS) is 20.2. The molecular weight excluding hydrogens is 597 g/mol. The molecule has 46 heavy (non-hydrogen) atoms. The fourth-order valence-electron chi connectivity index (χ4n) is 8.12. The van der Waals surface area contributed by atoms with Gasteiger partial charge in [0.1, 0.15) is 0 Å². The summed E-state index contributed by atoms with van der Waals surface area (Å²) in [6.07, 6.45) is 12.3. The second-order valence-corrected chi connectivity index (χ2v) is 15.1. The lowest BCUT2D eigenvalue weighted by molar-refractivity contribution is -0.125. The maximum atomic E-state index is 13.6. The van der Waals surface area contributed by atoms with Crippen LogP contribution >= 0.6 is 0 Å². The average Bonchev–Trinajstić information content (AvgIpc) is 3.32. The highest BCUT2D eigenvalue weighted by molar-refractivity contribution is 7.92. The first-order valence-electron chi connectivity index (χ1n) is 16.6. The molecular formula is C36H40N6O3S. The zero-order valence-electron chi connectivity index (χ0n) is 26.3. The zero-order valence-corrected chi connectivity index (χ0v) is 27.1. The summed E-state index contributed by atoms with van der Waals surface area (Å²) in [5.74, 6) is 0.811. The molecule has 2 saturated heterocycles. The number of carbonyl (C=O) groups is 1. The van der Waals surface area contributed by atoms with Crippen LogP contribution in [0.3, 0.4) is 0 Å². The van der Waals surface area contributed by atoms with Gasteiger partial charge in [-0.1, -0.05) is 37.1 Å². The van der Waals surface area contributed by atoms with Crippen LogP contribution in [-0.4, -0.2) is 68.5 Å². The predicted octanol–water partition coefficient (Wildman–Crippen LogP) is 5.95. The molecule has 9 nitrogen and oxygen atoms in total. The third-order valence-corrected chi connectivity index (χ3v) is 12.2. The van der Waals surface area contributed by atoms with Crippen LogP contribution < -0.4 is 14.5 Å². The van der Waals surface area contributed by atoms with Crippen LogP contribution in [0.25, 0.3) is 22.0 Å².